The number of nitrogens with one attached hydrogen (secondary N) is 1. The Morgan fingerprint density at radius 2 is 2.10 bits per heavy atom. The largest absolute Gasteiger partial charge is 0.497 e. The number of nitrogens with zero attached hydrogens (tertiary/aromatic N) is 2. The van der Waals surface area contributed by atoms with Crippen molar-refractivity contribution in [1.82, 2.24) is 15.3 Å². The molecule has 4 rings (SSSR count). The van der Waals surface area contributed by atoms with Crippen LogP contribution in [-0.2, 0) is 13.1 Å². The molecule has 1 aliphatic carbocycles. The van der Waals surface area contributed by atoms with E-state index in [1.165, 1.54) is 29.8 Å². The van der Waals surface area contributed by atoms with Gasteiger partial charge >= 0.3 is 0 Å². The Kier molecular flexibility index (Phi) is 2.70. The number of aromatic nitrogens is 2. The molecule has 20 heavy (non-hydrogen) atoms. The van der Waals surface area contributed by atoms with Crippen LogP contribution in [0.15, 0.2) is 24.3 Å². The summed E-state index contributed by atoms with van der Waals surface area (Å²) in [5.74, 6) is 2.32. The first kappa shape index (κ1) is 11.9. The number of hydrogen-bond donors (Lipinski definition) is 1. The minimum absolute atomic E-state index is 0.649. The minimum Gasteiger partial charge on any atom is -0.497 e. The van der Waals surface area contributed by atoms with E-state index in [-0.39, 0.29) is 0 Å². The van der Waals surface area contributed by atoms with E-state index < -0.39 is 0 Å². The van der Waals surface area contributed by atoms with Crippen LogP contribution in [0.2, 0.25) is 0 Å². The van der Waals surface area contributed by atoms with Crippen molar-refractivity contribution < 1.29 is 4.74 Å². The van der Waals surface area contributed by atoms with E-state index >= 15 is 0 Å². The Morgan fingerprint density at radius 3 is 2.90 bits per heavy atom. The summed E-state index contributed by atoms with van der Waals surface area (Å²) in [6, 6.07) is 7.98. The number of ether oxygens (including phenoxy) is 1. The lowest BCUT2D eigenvalue weighted by Crippen LogP contribution is -2.02. The van der Waals surface area contributed by atoms with E-state index in [0.717, 1.165) is 30.2 Å². The van der Waals surface area contributed by atoms with Crippen molar-refractivity contribution in [2.24, 2.45) is 0 Å². The summed E-state index contributed by atoms with van der Waals surface area (Å²) >= 11 is 0. The van der Waals surface area contributed by atoms with Gasteiger partial charge in [0.15, 0.2) is 5.82 Å². The number of rotatable bonds is 3. The molecule has 0 bridgehead atoms. The van der Waals surface area contributed by atoms with Crippen LogP contribution in [-0.4, -0.2) is 17.1 Å². The molecule has 1 fully saturated rings. The Bertz CT molecular complexity index is 665. The fourth-order valence-corrected chi connectivity index (χ4v) is 2.78. The number of fused-ring (bicyclic) bond motifs is 1. The van der Waals surface area contributed by atoms with Gasteiger partial charge in [0.25, 0.3) is 0 Å². The second-order valence-corrected chi connectivity index (χ2v) is 5.47. The molecule has 2 aromatic rings. The Labute approximate surface area is 118 Å². The third-order valence-electron chi connectivity index (χ3n) is 4.01. The second kappa shape index (κ2) is 4.56. The highest BCUT2D eigenvalue weighted by molar-refractivity contribution is 5.59. The van der Waals surface area contributed by atoms with Gasteiger partial charge < -0.3 is 10.1 Å². The fourth-order valence-electron chi connectivity index (χ4n) is 2.78. The van der Waals surface area contributed by atoms with Crippen LogP contribution in [0, 0.1) is 0 Å². The molecule has 1 saturated carbocycles. The molecule has 0 amide bonds. The van der Waals surface area contributed by atoms with Crippen molar-refractivity contribution in [3.8, 4) is 17.1 Å². The topological polar surface area (TPSA) is 47.0 Å². The van der Waals surface area contributed by atoms with Crippen molar-refractivity contribution >= 4 is 0 Å². The first-order valence-electron chi connectivity index (χ1n) is 7.10. The predicted octanol–water partition coefficient (Wildman–Crippen LogP) is 2.63. The summed E-state index contributed by atoms with van der Waals surface area (Å²) in [4.78, 5) is 9.59. The Balaban J connectivity index is 1.83. The lowest BCUT2D eigenvalue weighted by molar-refractivity contribution is 0.415. The van der Waals surface area contributed by atoms with Gasteiger partial charge in [-0.3, -0.25) is 0 Å². The molecule has 4 heteroatoms. The molecule has 2 aliphatic rings. The standard InChI is InChI=1S/C16H17N3O/c1-20-12-4-2-3-11(7-12)16-18-14-9-17-8-13(14)15(19-16)10-5-6-10/h2-4,7,10,17H,5-6,8-9H2,1H3. The van der Waals surface area contributed by atoms with E-state index in [1.807, 2.05) is 24.3 Å². The predicted molar refractivity (Wildman–Crippen MR) is 76.5 cm³/mol. The zero-order valence-corrected chi connectivity index (χ0v) is 11.5. The average Bonchev–Trinajstić information content (AvgIpc) is 3.23. The lowest BCUT2D eigenvalue weighted by Gasteiger charge is -2.09. The molecule has 0 atom stereocenters. The van der Waals surface area contributed by atoms with Crippen molar-refractivity contribution in [3.05, 3.63) is 41.2 Å². The van der Waals surface area contributed by atoms with E-state index in [1.54, 1.807) is 7.11 Å². The SMILES string of the molecule is COc1cccc(-c2nc3c(c(C4CC4)n2)CNC3)c1. The van der Waals surface area contributed by atoms with Crippen molar-refractivity contribution in [2.45, 2.75) is 31.8 Å². The van der Waals surface area contributed by atoms with Crippen LogP contribution in [0.3, 0.4) is 0 Å². The van der Waals surface area contributed by atoms with E-state index in [0.29, 0.717) is 5.92 Å². The van der Waals surface area contributed by atoms with Crippen molar-refractivity contribution in [1.29, 1.82) is 0 Å². The molecule has 2 heterocycles. The fraction of sp³-hybridized carbons (Fsp3) is 0.375. The zero-order valence-electron chi connectivity index (χ0n) is 11.5. The highest BCUT2D eigenvalue weighted by atomic mass is 16.5. The molecule has 102 valence electrons. The second-order valence-electron chi connectivity index (χ2n) is 5.47. The van der Waals surface area contributed by atoms with Crippen LogP contribution in [0.1, 0.15) is 35.7 Å². The van der Waals surface area contributed by atoms with Gasteiger partial charge in [-0.15, -0.1) is 0 Å². The molecule has 0 radical (unpaired) electrons. The molecule has 1 N–H and O–H groups in total. The lowest BCUT2D eigenvalue weighted by atomic mass is 10.1. The van der Waals surface area contributed by atoms with Gasteiger partial charge in [-0.1, -0.05) is 12.1 Å². The molecular weight excluding hydrogens is 250 g/mol. The highest BCUT2D eigenvalue weighted by Gasteiger charge is 2.31. The van der Waals surface area contributed by atoms with Gasteiger partial charge in [-0.25, -0.2) is 9.97 Å². The smallest absolute Gasteiger partial charge is 0.159 e. The van der Waals surface area contributed by atoms with Crippen LogP contribution in [0.25, 0.3) is 11.4 Å². The van der Waals surface area contributed by atoms with Crippen molar-refractivity contribution in [2.75, 3.05) is 7.11 Å². The van der Waals surface area contributed by atoms with Gasteiger partial charge in [0, 0.05) is 30.1 Å². The number of hydrogen-bond acceptors (Lipinski definition) is 4. The Hall–Kier alpha value is -1.94. The molecule has 0 spiro atoms. The van der Waals surface area contributed by atoms with Crippen LogP contribution in [0.4, 0.5) is 0 Å². The zero-order chi connectivity index (χ0) is 13.5. The average molecular weight is 267 g/mol. The molecule has 4 nitrogen and oxygen atoms in total. The number of benzene rings is 1. The summed E-state index contributed by atoms with van der Waals surface area (Å²) in [7, 11) is 1.68. The molecule has 0 unspecified atom stereocenters. The van der Waals surface area contributed by atoms with E-state index in [4.69, 9.17) is 14.7 Å². The summed E-state index contributed by atoms with van der Waals surface area (Å²) in [5.41, 5.74) is 4.79. The maximum Gasteiger partial charge on any atom is 0.159 e. The first-order chi connectivity index (χ1) is 9.85. The number of methoxy groups -OCH3 is 1. The van der Waals surface area contributed by atoms with Crippen molar-refractivity contribution in [3.63, 3.8) is 0 Å². The minimum atomic E-state index is 0.649. The normalized spacial score (nSPS) is 17.1. The van der Waals surface area contributed by atoms with E-state index in [9.17, 15) is 0 Å². The third kappa shape index (κ3) is 1.96. The molecule has 1 aliphatic heterocycles. The molecule has 1 aromatic heterocycles. The summed E-state index contributed by atoms with van der Waals surface area (Å²) in [5, 5.41) is 3.38. The molecular formula is C16H17N3O. The van der Waals surface area contributed by atoms with E-state index in [2.05, 4.69) is 5.32 Å². The van der Waals surface area contributed by atoms with Crippen LogP contribution >= 0.6 is 0 Å². The summed E-state index contributed by atoms with van der Waals surface area (Å²) < 4.78 is 5.29. The molecule has 0 saturated heterocycles. The monoisotopic (exact) mass is 267 g/mol. The van der Waals surface area contributed by atoms with Gasteiger partial charge in [0.2, 0.25) is 0 Å². The third-order valence-corrected chi connectivity index (χ3v) is 4.01. The summed E-state index contributed by atoms with van der Waals surface area (Å²) in [6.45, 7) is 1.77. The van der Waals surface area contributed by atoms with Crippen LogP contribution < -0.4 is 10.1 Å². The van der Waals surface area contributed by atoms with Gasteiger partial charge in [0.1, 0.15) is 5.75 Å². The first-order valence-corrected chi connectivity index (χ1v) is 7.10. The van der Waals surface area contributed by atoms with Crippen LogP contribution in [0.5, 0.6) is 5.75 Å². The van der Waals surface area contributed by atoms with Gasteiger partial charge in [-0.2, -0.15) is 0 Å². The Morgan fingerprint density at radius 1 is 1.20 bits per heavy atom. The maximum absolute atomic E-state index is 5.29. The quantitative estimate of drug-likeness (QED) is 0.928. The summed E-state index contributed by atoms with van der Waals surface area (Å²) in [6.07, 6.45) is 2.53. The van der Waals surface area contributed by atoms with Gasteiger partial charge in [0.05, 0.1) is 18.5 Å². The van der Waals surface area contributed by atoms with Gasteiger partial charge in [-0.05, 0) is 25.0 Å². The highest BCUT2D eigenvalue weighted by Crippen LogP contribution is 2.42. The maximum atomic E-state index is 5.29. The molecule has 1 aromatic carbocycles.